The van der Waals surface area contributed by atoms with Crippen LogP contribution in [0, 0.1) is 6.92 Å². The first kappa shape index (κ1) is 20.1. The Morgan fingerprint density at radius 1 is 1.38 bits per heavy atom. The summed E-state index contributed by atoms with van der Waals surface area (Å²) < 4.78 is 4.76. The smallest absolute Gasteiger partial charge is 0.348 e. The van der Waals surface area contributed by atoms with E-state index in [9.17, 15) is 14.4 Å². The van der Waals surface area contributed by atoms with E-state index >= 15 is 0 Å². The maximum atomic E-state index is 12.5. The maximum absolute atomic E-state index is 12.5. The number of fused-ring (bicyclic) bond motifs is 1. The quantitative estimate of drug-likeness (QED) is 0.586. The second kappa shape index (κ2) is 8.41. The average Bonchev–Trinajstić information content (AvgIpc) is 2.89. The highest BCUT2D eigenvalue weighted by Gasteiger charge is 2.21. The summed E-state index contributed by atoms with van der Waals surface area (Å²) in [6, 6.07) is 0.0840. The van der Waals surface area contributed by atoms with Crippen LogP contribution >= 0.6 is 11.3 Å². The fourth-order valence-corrected chi connectivity index (χ4v) is 3.83. The number of thiophene rings is 1. The first-order chi connectivity index (χ1) is 12.3. The molecule has 8 nitrogen and oxygen atoms in total. The summed E-state index contributed by atoms with van der Waals surface area (Å²) >= 11 is 1.15. The van der Waals surface area contributed by atoms with Crippen molar-refractivity contribution in [3.05, 3.63) is 26.6 Å². The molecule has 0 radical (unpaired) electrons. The van der Waals surface area contributed by atoms with E-state index in [-0.39, 0.29) is 17.5 Å². The molecule has 0 aromatic carbocycles. The van der Waals surface area contributed by atoms with Crippen LogP contribution < -0.4 is 15.8 Å². The number of carbonyl (C=O) groups excluding carboxylic acids is 2. The van der Waals surface area contributed by atoms with Gasteiger partial charge in [0.15, 0.2) is 12.4 Å². The Balaban J connectivity index is 2.28. The second-order valence-electron chi connectivity index (χ2n) is 6.42. The van der Waals surface area contributed by atoms with Crippen molar-refractivity contribution in [1.29, 1.82) is 0 Å². The van der Waals surface area contributed by atoms with Gasteiger partial charge in [0, 0.05) is 6.04 Å². The lowest BCUT2D eigenvalue weighted by Gasteiger charge is -2.17. The summed E-state index contributed by atoms with van der Waals surface area (Å²) in [6.45, 7) is 8.93. The topological polar surface area (TPSA) is 106 Å². The van der Waals surface area contributed by atoms with Gasteiger partial charge in [-0.2, -0.15) is 0 Å². The normalized spacial score (nSPS) is 12.4. The zero-order valence-electron chi connectivity index (χ0n) is 15.7. The molecule has 1 unspecified atom stereocenters. The minimum atomic E-state index is -0.474. The molecular weight excluding hydrogens is 356 g/mol. The third kappa shape index (κ3) is 4.47. The molecule has 0 saturated heterocycles. The molecule has 1 amide bonds. The molecule has 2 aromatic rings. The van der Waals surface area contributed by atoms with Crippen LogP contribution in [-0.2, 0) is 16.1 Å². The minimum Gasteiger partial charge on any atom is -0.465 e. The SMILES string of the molecule is CC[NH+](CC(=O)NC(C)C)Cc1nc2sc(C(=O)OC)c(C)c2c(=O)[nH]1. The van der Waals surface area contributed by atoms with Gasteiger partial charge in [0.05, 0.1) is 19.0 Å². The molecule has 2 rings (SSSR count). The van der Waals surface area contributed by atoms with E-state index in [1.165, 1.54) is 7.11 Å². The van der Waals surface area contributed by atoms with Gasteiger partial charge >= 0.3 is 5.97 Å². The molecule has 0 bridgehead atoms. The number of aryl methyl sites for hydroxylation is 1. The molecule has 142 valence electrons. The van der Waals surface area contributed by atoms with Crippen LogP contribution in [0.15, 0.2) is 4.79 Å². The maximum Gasteiger partial charge on any atom is 0.348 e. The highest BCUT2D eigenvalue weighted by atomic mass is 32.1. The molecule has 2 heterocycles. The van der Waals surface area contributed by atoms with Gasteiger partial charge in [-0.1, -0.05) is 0 Å². The van der Waals surface area contributed by atoms with Gasteiger partial charge in [0.1, 0.15) is 16.3 Å². The van der Waals surface area contributed by atoms with Gasteiger partial charge in [0.2, 0.25) is 0 Å². The number of hydrogen-bond donors (Lipinski definition) is 3. The Bertz CT molecular complexity index is 872. The first-order valence-corrected chi connectivity index (χ1v) is 9.31. The van der Waals surface area contributed by atoms with Gasteiger partial charge in [-0.3, -0.25) is 9.59 Å². The van der Waals surface area contributed by atoms with Crippen LogP contribution in [0.25, 0.3) is 10.2 Å². The van der Waals surface area contributed by atoms with Crippen molar-refractivity contribution in [2.45, 2.75) is 40.3 Å². The Morgan fingerprint density at radius 3 is 2.65 bits per heavy atom. The Hall–Kier alpha value is -2.26. The third-order valence-corrected chi connectivity index (χ3v) is 5.16. The van der Waals surface area contributed by atoms with Crippen LogP contribution in [0.2, 0.25) is 0 Å². The summed E-state index contributed by atoms with van der Waals surface area (Å²) in [5, 5.41) is 3.27. The number of nitrogens with one attached hydrogen (secondary N) is 3. The van der Waals surface area contributed by atoms with Crippen molar-refractivity contribution >= 4 is 33.4 Å². The van der Waals surface area contributed by atoms with E-state index in [1.54, 1.807) is 6.92 Å². The Kier molecular flexibility index (Phi) is 6.49. The van der Waals surface area contributed by atoms with Crippen molar-refractivity contribution in [1.82, 2.24) is 15.3 Å². The summed E-state index contributed by atoms with van der Waals surface area (Å²) in [4.78, 5) is 45.4. The number of esters is 1. The van der Waals surface area contributed by atoms with E-state index < -0.39 is 5.97 Å². The molecule has 9 heteroatoms. The van der Waals surface area contributed by atoms with Gasteiger partial charge in [-0.15, -0.1) is 11.3 Å². The Morgan fingerprint density at radius 2 is 2.08 bits per heavy atom. The summed E-state index contributed by atoms with van der Waals surface area (Å²) in [5.41, 5.74) is 0.296. The number of aromatic amines is 1. The number of hydrogen-bond acceptors (Lipinski definition) is 6. The van der Waals surface area contributed by atoms with Crippen molar-refractivity contribution < 1.29 is 19.2 Å². The number of rotatable bonds is 7. The van der Waals surface area contributed by atoms with Crippen molar-refractivity contribution in [2.24, 2.45) is 0 Å². The monoisotopic (exact) mass is 381 g/mol. The summed E-state index contributed by atoms with van der Waals surface area (Å²) in [5.74, 6) is -0.0211. The number of aromatic nitrogens is 2. The van der Waals surface area contributed by atoms with Crippen molar-refractivity contribution in [2.75, 3.05) is 20.2 Å². The molecule has 0 aliphatic heterocycles. The van der Waals surface area contributed by atoms with Crippen LogP contribution in [0.5, 0.6) is 0 Å². The number of carbonyl (C=O) groups is 2. The van der Waals surface area contributed by atoms with Gasteiger partial charge in [0.25, 0.3) is 11.5 Å². The highest BCUT2D eigenvalue weighted by Crippen LogP contribution is 2.27. The second-order valence-corrected chi connectivity index (χ2v) is 7.42. The van der Waals surface area contributed by atoms with Crippen LogP contribution in [0.1, 0.15) is 41.8 Å². The van der Waals surface area contributed by atoms with Gasteiger partial charge in [-0.05, 0) is 33.3 Å². The van der Waals surface area contributed by atoms with Gasteiger partial charge < -0.3 is 19.9 Å². The average molecular weight is 381 g/mol. The van der Waals surface area contributed by atoms with Crippen LogP contribution in [-0.4, -0.2) is 48.1 Å². The van der Waals surface area contributed by atoms with Gasteiger partial charge in [-0.25, -0.2) is 9.78 Å². The number of amides is 1. The lowest BCUT2D eigenvalue weighted by Crippen LogP contribution is -3.11. The summed E-state index contributed by atoms with van der Waals surface area (Å²) in [7, 11) is 1.31. The number of methoxy groups -OCH3 is 1. The standard InChI is InChI=1S/C17H24N4O4S/c1-6-21(8-12(22)18-9(2)3)7-11-19-15(23)13-10(4)14(17(24)25-5)26-16(13)20-11/h9H,6-8H2,1-5H3,(H,18,22)(H,19,20,23)/p+1. The zero-order chi connectivity index (χ0) is 19.4. The molecule has 0 fully saturated rings. The predicted molar refractivity (Wildman–Crippen MR) is 99.7 cm³/mol. The number of ether oxygens (including phenoxy) is 1. The minimum absolute atomic E-state index is 0.0415. The molecule has 3 N–H and O–H groups in total. The third-order valence-electron chi connectivity index (χ3n) is 4.00. The van der Waals surface area contributed by atoms with E-state index in [0.29, 0.717) is 46.1 Å². The molecule has 1 atom stereocenters. The van der Waals surface area contributed by atoms with E-state index in [4.69, 9.17) is 4.74 Å². The van der Waals surface area contributed by atoms with E-state index in [1.807, 2.05) is 20.8 Å². The van der Waals surface area contributed by atoms with E-state index in [0.717, 1.165) is 16.2 Å². The molecule has 0 spiro atoms. The van der Waals surface area contributed by atoms with Crippen LogP contribution in [0.3, 0.4) is 0 Å². The first-order valence-electron chi connectivity index (χ1n) is 8.50. The highest BCUT2D eigenvalue weighted by molar-refractivity contribution is 7.20. The van der Waals surface area contributed by atoms with E-state index in [2.05, 4.69) is 15.3 Å². The number of H-pyrrole nitrogens is 1. The van der Waals surface area contributed by atoms with Crippen molar-refractivity contribution in [3.8, 4) is 0 Å². The molecule has 26 heavy (non-hydrogen) atoms. The fraction of sp³-hybridized carbons (Fsp3) is 0.529. The molecule has 0 saturated carbocycles. The predicted octanol–water partition coefficient (Wildman–Crippen LogP) is 0.00902. The Labute approximate surface area is 155 Å². The lowest BCUT2D eigenvalue weighted by molar-refractivity contribution is -0.904. The van der Waals surface area contributed by atoms with Crippen molar-refractivity contribution in [3.63, 3.8) is 0 Å². The molecule has 0 aliphatic carbocycles. The molecule has 0 aliphatic rings. The fourth-order valence-electron chi connectivity index (χ4n) is 2.71. The number of likely N-dealkylation sites (N-methyl/N-ethyl adjacent to an activating group) is 1. The largest absolute Gasteiger partial charge is 0.465 e. The number of quaternary nitrogens is 1. The molecular formula is C17H25N4O4S+. The van der Waals surface area contributed by atoms with Crippen LogP contribution in [0.4, 0.5) is 0 Å². The molecule has 2 aromatic heterocycles. The summed E-state index contributed by atoms with van der Waals surface area (Å²) in [6.07, 6.45) is 0. The lowest BCUT2D eigenvalue weighted by atomic mass is 10.2. The number of nitrogens with zero attached hydrogens (tertiary/aromatic N) is 1. The zero-order valence-corrected chi connectivity index (χ0v) is 16.5.